The third-order valence-electron chi connectivity index (χ3n) is 5.43. The van der Waals surface area contributed by atoms with Crippen LogP contribution in [0.4, 0.5) is 19.1 Å². The molecule has 1 fully saturated rings. The Morgan fingerprint density at radius 2 is 2.00 bits per heavy atom. The first-order valence-electron chi connectivity index (χ1n) is 10.6. The van der Waals surface area contributed by atoms with Gasteiger partial charge >= 0.3 is 6.18 Å². The van der Waals surface area contributed by atoms with Crippen LogP contribution in [0.15, 0.2) is 18.7 Å². The van der Waals surface area contributed by atoms with Crippen molar-refractivity contribution in [3.63, 3.8) is 0 Å². The molecule has 3 aromatic heterocycles. The largest absolute Gasteiger partial charge is 0.484 e. The zero-order valence-corrected chi connectivity index (χ0v) is 18.3. The summed E-state index contributed by atoms with van der Waals surface area (Å²) >= 11 is 0. The average molecular weight is 453 g/mol. The summed E-state index contributed by atoms with van der Waals surface area (Å²) in [5.41, 5.74) is 1.45. The van der Waals surface area contributed by atoms with Gasteiger partial charge in [0.1, 0.15) is 24.3 Å². The minimum absolute atomic E-state index is 0.0960. The van der Waals surface area contributed by atoms with Gasteiger partial charge in [-0.2, -0.15) is 27.8 Å². The van der Waals surface area contributed by atoms with Crippen LogP contribution in [-0.2, 0) is 4.74 Å². The lowest BCUT2D eigenvalue weighted by Gasteiger charge is -2.16. The molecule has 1 aliphatic carbocycles. The quantitative estimate of drug-likeness (QED) is 0.522. The monoisotopic (exact) mass is 453 g/mol. The summed E-state index contributed by atoms with van der Waals surface area (Å²) in [6.07, 6.45) is 2.19. The van der Waals surface area contributed by atoms with Crippen molar-refractivity contribution in [3.8, 4) is 17.0 Å². The molecule has 9 nitrogen and oxygen atoms in total. The second kappa shape index (κ2) is 8.57. The van der Waals surface area contributed by atoms with Crippen LogP contribution in [0.1, 0.15) is 46.8 Å². The number of aromatic nitrogens is 6. The highest BCUT2D eigenvalue weighted by Crippen LogP contribution is 2.38. The second-order valence-electron chi connectivity index (χ2n) is 7.96. The van der Waals surface area contributed by atoms with Gasteiger partial charge in [0.15, 0.2) is 5.75 Å². The number of hydrogen-bond donors (Lipinski definition) is 1. The number of ether oxygens (including phenoxy) is 2. The van der Waals surface area contributed by atoms with E-state index >= 15 is 0 Å². The lowest BCUT2D eigenvalue weighted by molar-refractivity contribution is -0.138. The number of halogens is 3. The Hall–Kier alpha value is -2.89. The minimum atomic E-state index is -4.42. The second-order valence-corrected chi connectivity index (χ2v) is 7.96. The number of alkyl halides is 3. The van der Waals surface area contributed by atoms with Crippen LogP contribution in [0.5, 0.6) is 5.75 Å². The van der Waals surface area contributed by atoms with Crippen LogP contribution in [0.2, 0.25) is 0 Å². The molecule has 4 rings (SSSR count). The van der Waals surface area contributed by atoms with Crippen molar-refractivity contribution in [1.29, 1.82) is 0 Å². The van der Waals surface area contributed by atoms with Gasteiger partial charge in [-0.3, -0.25) is 0 Å². The Bertz CT molecular complexity index is 1080. The number of nitrogens with zero attached hydrogens (tertiary/aromatic N) is 6. The van der Waals surface area contributed by atoms with Crippen LogP contribution >= 0.6 is 0 Å². The van der Waals surface area contributed by atoms with Gasteiger partial charge in [0.2, 0.25) is 11.6 Å². The topological polar surface area (TPSA) is 91.4 Å². The van der Waals surface area contributed by atoms with Crippen molar-refractivity contribution >= 4 is 11.6 Å². The predicted octanol–water partition coefficient (Wildman–Crippen LogP) is 4.08. The SMILES string of the molecule is CCOC(C)n1cc(-c2ncn3nc(N[C@@H](C)C(F)(F)F)nc3c2O[C@@H](C)C2CC2)cn1. The molecule has 1 unspecified atom stereocenters. The van der Waals surface area contributed by atoms with Crippen LogP contribution < -0.4 is 10.1 Å². The van der Waals surface area contributed by atoms with E-state index in [9.17, 15) is 13.2 Å². The molecule has 3 atom stereocenters. The number of fused-ring (bicyclic) bond motifs is 1. The van der Waals surface area contributed by atoms with Crippen molar-refractivity contribution in [2.45, 2.75) is 65.1 Å². The van der Waals surface area contributed by atoms with E-state index in [0.717, 1.165) is 19.8 Å². The average Bonchev–Trinajstić information content (AvgIpc) is 3.32. The van der Waals surface area contributed by atoms with Gasteiger partial charge in [0.25, 0.3) is 0 Å². The zero-order chi connectivity index (χ0) is 23.0. The molecular weight excluding hydrogens is 427 g/mol. The fourth-order valence-corrected chi connectivity index (χ4v) is 3.31. The molecule has 0 radical (unpaired) electrons. The maximum absolute atomic E-state index is 13.0. The first-order valence-corrected chi connectivity index (χ1v) is 10.6. The molecule has 12 heteroatoms. The molecule has 3 aromatic rings. The van der Waals surface area contributed by atoms with E-state index in [-0.39, 0.29) is 23.9 Å². The van der Waals surface area contributed by atoms with Gasteiger partial charge in [-0.1, -0.05) is 0 Å². The first-order chi connectivity index (χ1) is 15.2. The maximum Gasteiger partial charge on any atom is 0.408 e. The highest BCUT2D eigenvalue weighted by atomic mass is 19.4. The Labute approximate surface area is 182 Å². The maximum atomic E-state index is 13.0. The summed E-state index contributed by atoms with van der Waals surface area (Å²) in [5, 5.41) is 10.7. The van der Waals surface area contributed by atoms with Gasteiger partial charge in [0, 0.05) is 18.4 Å². The minimum Gasteiger partial charge on any atom is -0.484 e. The van der Waals surface area contributed by atoms with Gasteiger partial charge < -0.3 is 14.8 Å². The van der Waals surface area contributed by atoms with Crippen molar-refractivity contribution in [2.75, 3.05) is 11.9 Å². The predicted molar refractivity (Wildman–Crippen MR) is 110 cm³/mol. The molecule has 1 saturated carbocycles. The van der Waals surface area contributed by atoms with E-state index < -0.39 is 12.2 Å². The lowest BCUT2D eigenvalue weighted by atomic mass is 10.2. The van der Waals surface area contributed by atoms with E-state index in [1.165, 1.54) is 10.8 Å². The summed E-state index contributed by atoms with van der Waals surface area (Å²) in [6.45, 7) is 7.29. The van der Waals surface area contributed by atoms with E-state index in [1.54, 1.807) is 17.1 Å². The van der Waals surface area contributed by atoms with Crippen LogP contribution in [-0.4, -0.2) is 54.3 Å². The van der Waals surface area contributed by atoms with Crippen LogP contribution in [0, 0.1) is 5.92 Å². The van der Waals surface area contributed by atoms with E-state index in [2.05, 4.69) is 25.5 Å². The summed E-state index contributed by atoms with van der Waals surface area (Å²) in [5.74, 6) is 0.628. The molecule has 0 aliphatic heterocycles. The molecule has 0 amide bonds. The highest BCUT2D eigenvalue weighted by molar-refractivity contribution is 5.74. The number of nitrogens with one attached hydrogen (secondary N) is 1. The molecule has 174 valence electrons. The summed E-state index contributed by atoms with van der Waals surface area (Å²) < 4.78 is 53.7. The summed E-state index contributed by atoms with van der Waals surface area (Å²) in [4.78, 5) is 8.74. The molecule has 0 aromatic carbocycles. The molecular formula is C20H26F3N7O2. The van der Waals surface area contributed by atoms with Crippen molar-refractivity contribution in [3.05, 3.63) is 18.7 Å². The fraction of sp³-hybridized carbons (Fsp3) is 0.600. The number of rotatable bonds is 9. The van der Waals surface area contributed by atoms with Gasteiger partial charge in [-0.25, -0.2) is 9.67 Å². The van der Waals surface area contributed by atoms with E-state index in [0.29, 0.717) is 29.5 Å². The molecule has 1 aliphatic rings. The third kappa shape index (κ3) is 4.64. The zero-order valence-electron chi connectivity index (χ0n) is 18.3. The normalized spacial score (nSPS) is 17.3. The smallest absolute Gasteiger partial charge is 0.408 e. The van der Waals surface area contributed by atoms with Gasteiger partial charge in [-0.05, 0) is 46.5 Å². The summed E-state index contributed by atoms with van der Waals surface area (Å²) in [6, 6.07) is -1.81. The summed E-state index contributed by atoms with van der Waals surface area (Å²) in [7, 11) is 0. The Morgan fingerprint density at radius 1 is 1.25 bits per heavy atom. The standard InChI is InChI=1S/C20H26F3N7O2/c1-5-31-13(4)29-9-15(8-25-29)16-17(32-11(2)14-6-7-14)18-27-19(28-30(18)10-24-16)26-12(3)20(21,22)23/h8-14H,5-7H2,1-4H3,(H,26,28)/t11-,12-,13?/m0/s1. The Kier molecular flexibility index (Phi) is 5.97. The lowest BCUT2D eigenvalue weighted by Crippen LogP contribution is -2.33. The fourth-order valence-electron chi connectivity index (χ4n) is 3.31. The number of anilines is 1. The molecule has 3 heterocycles. The van der Waals surface area contributed by atoms with Gasteiger partial charge in [0.05, 0.1) is 12.3 Å². The first kappa shape index (κ1) is 22.3. The molecule has 32 heavy (non-hydrogen) atoms. The van der Waals surface area contributed by atoms with Crippen molar-refractivity contribution in [2.24, 2.45) is 5.92 Å². The van der Waals surface area contributed by atoms with Gasteiger partial charge in [-0.15, -0.1) is 5.10 Å². The molecule has 0 bridgehead atoms. The molecule has 0 spiro atoms. The van der Waals surface area contributed by atoms with Crippen molar-refractivity contribution < 1.29 is 22.6 Å². The Balaban J connectivity index is 1.73. The van der Waals surface area contributed by atoms with Crippen LogP contribution in [0.3, 0.4) is 0 Å². The number of hydrogen-bond acceptors (Lipinski definition) is 7. The van der Waals surface area contributed by atoms with E-state index in [1.807, 2.05) is 20.8 Å². The van der Waals surface area contributed by atoms with Crippen LogP contribution in [0.25, 0.3) is 16.9 Å². The Morgan fingerprint density at radius 3 is 2.66 bits per heavy atom. The molecule has 1 N–H and O–H groups in total. The highest BCUT2D eigenvalue weighted by Gasteiger charge is 2.37. The van der Waals surface area contributed by atoms with E-state index in [4.69, 9.17) is 9.47 Å². The van der Waals surface area contributed by atoms with Crippen molar-refractivity contribution in [1.82, 2.24) is 29.4 Å². The third-order valence-corrected chi connectivity index (χ3v) is 5.43. The molecule has 0 saturated heterocycles.